The van der Waals surface area contributed by atoms with Gasteiger partial charge in [-0.2, -0.15) is 0 Å². The molecule has 1 atom stereocenters. The molecule has 12 heavy (non-hydrogen) atoms. The molecule has 0 saturated carbocycles. The third-order valence-electron chi connectivity index (χ3n) is 2.37. The molecule has 0 aromatic heterocycles. The Morgan fingerprint density at radius 2 is 2.58 bits per heavy atom. The Labute approximate surface area is 73.3 Å². The van der Waals surface area contributed by atoms with E-state index in [1.54, 1.807) is 0 Å². The molecule has 1 N–H and O–H groups in total. The monoisotopic (exact) mass is 165 g/mol. The van der Waals surface area contributed by atoms with Crippen LogP contribution in [0.5, 0.6) is 0 Å². The highest BCUT2D eigenvalue weighted by Crippen LogP contribution is 2.27. The molecule has 1 aliphatic rings. The summed E-state index contributed by atoms with van der Waals surface area (Å²) in [7, 11) is 0. The number of hydrogen-bond donors (Lipinski definition) is 1. The Kier molecular flexibility index (Phi) is 3.09. The normalized spacial score (nSPS) is 24.1. The van der Waals surface area contributed by atoms with E-state index in [-0.39, 0.29) is 0 Å². The van der Waals surface area contributed by atoms with E-state index in [4.69, 9.17) is 5.21 Å². The minimum absolute atomic E-state index is 0.626. The maximum atomic E-state index is 8.30. The number of allylic oxidation sites excluding steroid dienone is 3. The van der Waals surface area contributed by atoms with E-state index in [1.165, 1.54) is 11.8 Å². The minimum atomic E-state index is 0.626. The molecule has 1 rings (SSSR count). The first-order chi connectivity index (χ1) is 5.74. The maximum absolute atomic E-state index is 8.30. The predicted octanol–water partition coefficient (Wildman–Crippen LogP) is 2.75. The Hall–Kier alpha value is -1.05. The highest BCUT2D eigenvalue weighted by Gasteiger charge is 2.13. The van der Waals surface area contributed by atoms with Crippen LogP contribution in [0, 0.1) is 5.92 Å². The van der Waals surface area contributed by atoms with Gasteiger partial charge >= 0.3 is 0 Å². The summed E-state index contributed by atoms with van der Waals surface area (Å²) in [5, 5.41) is 11.3. The van der Waals surface area contributed by atoms with Crippen LogP contribution >= 0.6 is 0 Å². The van der Waals surface area contributed by atoms with Crippen molar-refractivity contribution in [1.29, 1.82) is 0 Å². The second-order valence-corrected chi connectivity index (χ2v) is 3.34. The van der Waals surface area contributed by atoms with E-state index in [0.717, 1.165) is 24.8 Å². The number of oxime groups is 1. The standard InChI is InChI=1S/C10H15NO/c1-8(2)10-5-3-9(4-6-10)7-11-12/h3,7,10,12H,1,4-6H2,2H3/b11-7+/t10-/m1/s1. The van der Waals surface area contributed by atoms with E-state index >= 15 is 0 Å². The van der Waals surface area contributed by atoms with Crippen molar-refractivity contribution in [2.24, 2.45) is 11.1 Å². The molecule has 2 heteroatoms. The van der Waals surface area contributed by atoms with Crippen molar-refractivity contribution < 1.29 is 5.21 Å². The van der Waals surface area contributed by atoms with Gasteiger partial charge in [-0.15, -0.1) is 0 Å². The predicted molar refractivity (Wildman–Crippen MR) is 50.5 cm³/mol. The summed E-state index contributed by atoms with van der Waals surface area (Å²) < 4.78 is 0. The summed E-state index contributed by atoms with van der Waals surface area (Å²) in [5.41, 5.74) is 2.39. The van der Waals surface area contributed by atoms with Gasteiger partial charge in [0.25, 0.3) is 0 Å². The number of nitrogens with zero attached hydrogens (tertiary/aromatic N) is 1. The number of rotatable bonds is 2. The van der Waals surface area contributed by atoms with Crippen molar-refractivity contribution in [2.45, 2.75) is 26.2 Å². The molecule has 0 amide bonds. The van der Waals surface area contributed by atoms with Crippen LogP contribution in [0.2, 0.25) is 0 Å². The van der Waals surface area contributed by atoms with Crippen molar-refractivity contribution >= 4 is 6.21 Å². The first-order valence-electron chi connectivity index (χ1n) is 4.26. The molecule has 0 saturated heterocycles. The lowest BCUT2D eigenvalue weighted by molar-refractivity contribution is 0.321. The second kappa shape index (κ2) is 4.10. The van der Waals surface area contributed by atoms with E-state index in [9.17, 15) is 0 Å². The fourth-order valence-electron chi connectivity index (χ4n) is 1.49. The first-order valence-corrected chi connectivity index (χ1v) is 4.26. The Bertz CT molecular complexity index is 228. The fourth-order valence-corrected chi connectivity index (χ4v) is 1.49. The highest BCUT2D eigenvalue weighted by atomic mass is 16.4. The summed E-state index contributed by atoms with van der Waals surface area (Å²) in [6.45, 7) is 6.01. The van der Waals surface area contributed by atoms with Crippen LogP contribution in [0.15, 0.2) is 29.0 Å². The molecule has 0 aromatic carbocycles. The van der Waals surface area contributed by atoms with Gasteiger partial charge in [0, 0.05) is 0 Å². The Balaban J connectivity index is 2.53. The van der Waals surface area contributed by atoms with Gasteiger partial charge in [0.2, 0.25) is 0 Å². The molecule has 0 bridgehead atoms. The lowest BCUT2D eigenvalue weighted by Gasteiger charge is -2.19. The van der Waals surface area contributed by atoms with Gasteiger partial charge in [-0.25, -0.2) is 0 Å². The summed E-state index contributed by atoms with van der Waals surface area (Å²) in [6, 6.07) is 0. The van der Waals surface area contributed by atoms with Gasteiger partial charge in [0.15, 0.2) is 0 Å². The van der Waals surface area contributed by atoms with Crippen molar-refractivity contribution in [2.75, 3.05) is 0 Å². The van der Waals surface area contributed by atoms with Gasteiger partial charge in [0.05, 0.1) is 6.21 Å². The fraction of sp³-hybridized carbons (Fsp3) is 0.500. The molecule has 66 valence electrons. The van der Waals surface area contributed by atoms with Crippen molar-refractivity contribution in [1.82, 2.24) is 0 Å². The maximum Gasteiger partial charge on any atom is 0.0690 e. The molecule has 0 radical (unpaired) electrons. The van der Waals surface area contributed by atoms with Crippen LogP contribution < -0.4 is 0 Å². The van der Waals surface area contributed by atoms with Gasteiger partial charge in [-0.3, -0.25) is 0 Å². The van der Waals surface area contributed by atoms with Crippen molar-refractivity contribution in [3.8, 4) is 0 Å². The van der Waals surface area contributed by atoms with Crippen LogP contribution in [-0.4, -0.2) is 11.4 Å². The SMILES string of the molecule is C=C(C)[C@@H]1CC=C(/C=N/O)CC1. The largest absolute Gasteiger partial charge is 0.411 e. The van der Waals surface area contributed by atoms with Crippen LogP contribution in [-0.2, 0) is 0 Å². The Morgan fingerprint density at radius 3 is 3.00 bits per heavy atom. The average Bonchev–Trinajstić information content (AvgIpc) is 2.06. The summed E-state index contributed by atoms with van der Waals surface area (Å²) in [5.74, 6) is 0.626. The van der Waals surface area contributed by atoms with Crippen LogP contribution in [0.1, 0.15) is 26.2 Å². The zero-order valence-corrected chi connectivity index (χ0v) is 7.45. The molecule has 0 spiro atoms. The second-order valence-electron chi connectivity index (χ2n) is 3.34. The third-order valence-corrected chi connectivity index (χ3v) is 2.37. The average molecular weight is 165 g/mol. The van der Waals surface area contributed by atoms with Crippen molar-refractivity contribution in [3.05, 3.63) is 23.8 Å². The molecule has 0 fully saturated rings. The van der Waals surface area contributed by atoms with Gasteiger partial charge in [-0.1, -0.05) is 23.4 Å². The molecule has 0 aromatic rings. The van der Waals surface area contributed by atoms with Gasteiger partial charge < -0.3 is 5.21 Å². The Morgan fingerprint density at radius 1 is 1.83 bits per heavy atom. The molecular formula is C10H15NO. The smallest absolute Gasteiger partial charge is 0.0690 e. The van der Waals surface area contributed by atoms with E-state index < -0.39 is 0 Å². The number of hydrogen-bond acceptors (Lipinski definition) is 2. The third kappa shape index (κ3) is 2.22. The lowest BCUT2D eigenvalue weighted by atomic mass is 9.86. The van der Waals surface area contributed by atoms with Gasteiger partial charge in [0.1, 0.15) is 0 Å². The summed E-state index contributed by atoms with van der Waals surface area (Å²) in [6.07, 6.45) is 6.82. The highest BCUT2D eigenvalue weighted by molar-refractivity contribution is 5.78. The lowest BCUT2D eigenvalue weighted by Crippen LogP contribution is -2.06. The quantitative estimate of drug-likeness (QED) is 0.290. The first kappa shape index (κ1) is 9.04. The summed E-state index contributed by atoms with van der Waals surface area (Å²) in [4.78, 5) is 0. The van der Waals surface area contributed by atoms with Gasteiger partial charge in [-0.05, 0) is 37.7 Å². The molecule has 0 aliphatic heterocycles. The molecule has 0 unspecified atom stereocenters. The zero-order chi connectivity index (χ0) is 8.97. The van der Waals surface area contributed by atoms with E-state index in [0.29, 0.717) is 5.92 Å². The van der Waals surface area contributed by atoms with Crippen LogP contribution in [0.25, 0.3) is 0 Å². The molecule has 1 aliphatic carbocycles. The van der Waals surface area contributed by atoms with Crippen LogP contribution in [0.4, 0.5) is 0 Å². The molecular weight excluding hydrogens is 150 g/mol. The zero-order valence-electron chi connectivity index (χ0n) is 7.45. The molecule has 2 nitrogen and oxygen atoms in total. The molecule has 0 heterocycles. The van der Waals surface area contributed by atoms with E-state index in [2.05, 4.69) is 24.7 Å². The minimum Gasteiger partial charge on any atom is -0.411 e. The van der Waals surface area contributed by atoms with Crippen molar-refractivity contribution in [3.63, 3.8) is 0 Å². The van der Waals surface area contributed by atoms with E-state index in [1.807, 2.05) is 0 Å². The summed E-state index contributed by atoms with van der Waals surface area (Å²) >= 11 is 0. The van der Waals surface area contributed by atoms with Crippen LogP contribution in [0.3, 0.4) is 0 Å². The topological polar surface area (TPSA) is 32.6 Å².